The molecule has 11 rings (SSSR count). The standard InChI is InChI=1S/C46H29BN2/c1-3-13-33(14-4-1)48(34-15-5-2-6-16-34)35-25-27-36-37-17-10-20-43-46(37)47(40(36)29-35)39-18-7-8-19-42(39)49(43)41-28-24-32-22-21-30-11-9-12-31-23-26-38(41)45(32)44(30)31/h1-29H. The summed E-state index contributed by atoms with van der Waals surface area (Å²) in [6.45, 7) is 0.141. The van der Waals surface area contributed by atoms with Gasteiger partial charge in [-0.1, -0.05) is 127 Å². The van der Waals surface area contributed by atoms with Gasteiger partial charge in [0.25, 0.3) is 0 Å². The highest BCUT2D eigenvalue weighted by Crippen LogP contribution is 2.46. The van der Waals surface area contributed by atoms with Crippen LogP contribution in [0.15, 0.2) is 176 Å². The fourth-order valence-corrected chi connectivity index (χ4v) is 8.78. The normalized spacial score (nSPS) is 12.8. The maximum atomic E-state index is 2.53. The summed E-state index contributed by atoms with van der Waals surface area (Å²) in [4.78, 5) is 4.90. The van der Waals surface area contributed by atoms with E-state index in [0.717, 1.165) is 17.1 Å². The van der Waals surface area contributed by atoms with Crippen LogP contribution in [0.3, 0.4) is 0 Å². The van der Waals surface area contributed by atoms with Gasteiger partial charge in [-0.25, -0.2) is 0 Å². The highest BCUT2D eigenvalue weighted by molar-refractivity contribution is 7.01. The number of fused-ring (bicyclic) bond motifs is 5. The molecule has 0 fully saturated rings. The highest BCUT2D eigenvalue weighted by atomic mass is 15.2. The molecule has 0 aliphatic carbocycles. The zero-order valence-corrected chi connectivity index (χ0v) is 26.7. The van der Waals surface area contributed by atoms with E-state index in [1.54, 1.807) is 0 Å². The minimum absolute atomic E-state index is 0.141. The Kier molecular flexibility index (Phi) is 5.50. The van der Waals surface area contributed by atoms with Gasteiger partial charge in [0.05, 0.1) is 5.69 Å². The minimum atomic E-state index is 0.141. The molecule has 0 spiro atoms. The lowest BCUT2D eigenvalue weighted by Gasteiger charge is -2.36. The Labute approximate surface area is 285 Å². The molecular weight excluding hydrogens is 591 g/mol. The molecule has 0 saturated heterocycles. The molecule has 9 aromatic carbocycles. The van der Waals surface area contributed by atoms with Gasteiger partial charge < -0.3 is 9.80 Å². The first-order valence-corrected chi connectivity index (χ1v) is 17.1. The molecular formula is C46H29BN2. The number of anilines is 6. The summed E-state index contributed by atoms with van der Waals surface area (Å²) < 4.78 is 0. The van der Waals surface area contributed by atoms with Gasteiger partial charge in [0.1, 0.15) is 0 Å². The summed E-state index contributed by atoms with van der Waals surface area (Å²) in [5.41, 5.74) is 13.9. The molecule has 3 heteroatoms. The van der Waals surface area contributed by atoms with Crippen LogP contribution in [0.5, 0.6) is 0 Å². The van der Waals surface area contributed by atoms with E-state index in [2.05, 4.69) is 186 Å². The van der Waals surface area contributed by atoms with Crippen molar-refractivity contribution in [2.24, 2.45) is 0 Å². The third-order valence-corrected chi connectivity index (χ3v) is 10.8. The van der Waals surface area contributed by atoms with Crippen molar-refractivity contribution in [3.63, 3.8) is 0 Å². The van der Waals surface area contributed by atoms with E-state index < -0.39 is 0 Å². The van der Waals surface area contributed by atoms with E-state index in [-0.39, 0.29) is 6.71 Å². The number of hydrogen-bond acceptors (Lipinski definition) is 2. The third-order valence-electron chi connectivity index (χ3n) is 10.8. The maximum Gasteiger partial charge on any atom is 0.248 e. The molecule has 0 bridgehead atoms. The molecule has 49 heavy (non-hydrogen) atoms. The van der Waals surface area contributed by atoms with Gasteiger partial charge in [0.15, 0.2) is 0 Å². The van der Waals surface area contributed by atoms with Crippen LogP contribution in [0, 0.1) is 0 Å². The van der Waals surface area contributed by atoms with Crippen molar-refractivity contribution >= 4 is 89.5 Å². The second-order valence-electron chi connectivity index (χ2n) is 13.3. The van der Waals surface area contributed by atoms with Crippen molar-refractivity contribution < 1.29 is 0 Å². The Bertz CT molecular complexity index is 2680. The largest absolute Gasteiger partial charge is 0.311 e. The van der Waals surface area contributed by atoms with Crippen LogP contribution < -0.4 is 26.2 Å². The van der Waals surface area contributed by atoms with Crippen LogP contribution in [0.25, 0.3) is 43.4 Å². The Hall–Kier alpha value is -6.32. The fraction of sp³-hybridized carbons (Fsp3) is 0. The molecule has 2 nitrogen and oxygen atoms in total. The zero-order chi connectivity index (χ0) is 32.1. The number of para-hydroxylation sites is 3. The average molecular weight is 621 g/mol. The smallest absolute Gasteiger partial charge is 0.248 e. The molecule has 0 aromatic heterocycles. The molecule has 0 atom stereocenters. The summed E-state index contributed by atoms with van der Waals surface area (Å²) in [5.74, 6) is 0. The van der Waals surface area contributed by atoms with Crippen molar-refractivity contribution in [3.05, 3.63) is 176 Å². The highest BCUT2D eigenvalue weighted by Gasteiger charge is 2.42. The van der Waals surface area contributed by atoms with E-state index >= 15 is 0 Å². The maximum absolute atomic E-state index is 2.53. The number of benzene rings is 9. The number of rotatable bonds is 4. The van der Waals surface area contributed by atoms with Gasteiger partial charge >= 0.3 is 0 Å². The van der Waals surface area contributed by atoms with Crippen LogP contribution in [-0.2, 0) is 0 Å². The molecule has 2 aliphatic heterocycles. The predicted molar refractivity (Wildman–Crippen MR) is 210 cm³/mol. The van der Waals surface area contributed by atoms with Gasteiger partial charge in [-0.15, -0.1) is 0 Å². The quantitative estimate of drug-likeness (QED) is 0.143. The molecule has 0 N–H and O–H groups in total. The minimum Gasteiger partial charge on any atom is -0.311 e. The van der Waals surface area contributed by atoms with E-state index in [1.807, 2.05) is 0 Å². The van der Waals surface area contributed by atoms with Crippen molar-refractivity contribution in [2.75, 3.05) is 9.80 Å². The summed E-state index contributed by atoms with van der Waals surface area (Å²) in [5, 5.41) is 7.84. The third kappa shape index (κ3) is 3.73. The van der Waals surface area contributed by atoms with Crippen LogP contribution in [-0.4, -0.2) is 6.71 Å². The lowest BCUT2D eigenvalue weighted by molar-refractivity contribution is 1.29. The average Bonchev–Trinajstić information content (AvgIpc) is 3.50. The second-order valence-corrected chi connectivity index (χ2v) is 13.3. The Balaban J connectivity index is 1.14. The predicted octanol–water partition coefficient (Wildman–Crippen LogP) is 10.3. The van der Waals surface area contributed by atoms with E-state index in [0.29, 0.717) is 0 Å². The molecule has 0 unspecified atom stereocenters. The van der Waals surface area contributed by atoms with Gasteiger partial charge in [0.2, 0.25) is 6.71 Å². The summed E-state index contributed by atoms with van der Waals surface area (Å²) in [6, 6.07) is 64.9. The number of hydrogen-bond donors (Lipinski definition) is 0. The van der Waals surface area contributed by atoms with Crippen molar-refractivity contribution in [3.8, 4) is 11.1 Å². The Morgan fingerprint density at radius 3 is 1.80 bits per heavy atom. The van der Waals surface area contributed by atoms with E-state index in [1.165, 1.54) is 76.9 Å². The molecule has 2 heterocycles. The van der Waals surface area contributed by atoms with Gasteiger partial charge in [-0.2, -0.15) is 0 Å². The SMILES string of the molecule is c1ccc(N(c2ccccc2)c2ccc3c(c2)B2c4ccccc4N(c4ccc5ccc6cccc7ccc4c5c67)c4cccc-3c42)cc1. The lowest BCUT2D eigenvalue weighted by atomic mass is 9.37. The molecule has 0 radical (unpaired) electrons. The molecule has 226 valence electrons. The first-order chi connectivity index (χ1) is 24.3. The van der Waals surface area contributed by atoms with Crippen LogP contribution in [0.1, 0.15) is 0 Å². The summed E-state index contributed by atoms with van der Waals surface area (Å²) >= 11 is 0. The first kappa shape index (κ1) is 26.7. The van der Waals surface area contributed by atoms with Crippen molar-refractivity contribution in [2.45, 2.75) is 0 Å². The van der Waals surface area contributed by atoms with Crippen LogP contribution in [0.4, 0.5) is 34.1 Å². The molecule has 0 saturated carbocycles. The van der Waals surface area contributed by atoms with Crippen LogP contribution >= 0.6 is 0 Å². The monoisotopic (exact) mass is 620 g/mol. The Morgan fingerprint density at radius 2 is 1.02 bits per heavy atom. The van der Waals surface area contributed by atoms with E-state index in [4.69, 9.17) is 0 Å². The zero-order valence-electron chi connectivity index (χ0n) is 26.7. The lowest BCUT2D eigenvalue weighted by Crippen LogP contribution is -2.54. The fourth-order valence-electron chi connectivity index (χ4n) is 8.78. The van der Waals surface area contributed by atoms with Crippen LogP contribution in [0.2, 0.25) is 0 Å². The Morgan fingerprint density at radius 1 is 0.388 bits per heavy atom. The molecule has 2 aliphatic rings. The number of nitrogens with zero attached hydrogens (tertiary/aromatic N) is 2. The molecule has 0 amide bonds. The van der Waals surface area contributed by atoms with Crippen molar-refractivity contribution in [1.82, 2.24) is 0 Å². The summed E-state index contributed by atoms with van der Waals surface area (Å²) in [6.07, 6.45) is 0. The second kappa shape index (κ2) is 10.1. The van der Waals surface area contributed by atoms with Gasteiger partial charge in [-0.05, 0) is 104 Å². The molecule has 9 aromatic rings. The van der Waals surface area contributed by atoms with Crippen molar-refractivity contribution in [1.29, 1.82) is 0 Å². The topological polar surface area (TPSA) is 6.48 Å². The van der Waals surface area contributed by atoms with Gasteiger partial charge in [-0.3, -0.25) is 0 Å². The first-order valence-electron chi connectivity index (χ1n) is 17.1. The van der Waals surface area contributed by atoms with E-state index in [9.17, 15) is 0 Å². The van der Waals surface area contributed by atoms with Gasteiger partial charge in [0, 0.05) is 33.8 Å². The summed E-state index contributed by atoms with van der Waals surface area (Å²) in [7, 11) is 0.